The smallest absolute Gasteiger partial charge is 0.246 e. The van der Waals surface area contributed by atoms with Crippen molar-refractivity contribution in [3.63, 3.8) is 0 Å². The highest BCUT2D eigenvalue weighted by atomic mass is 32.1. The first-order valence-electron chi connectivity index (χ1n) is 12.2. The number of likely N-dealkylation sites (N-methyl/N-ethyl adjacent to an activating group) is 1. The Kier molecular flexibility index (Phi) is 6.01. The first kappa shape index (κ1) is 22.3. The van der Waals surface area contributed by atoms with E-state index in [1.807, 2.05) is 29.6 Å². The largest absolute Gasteiger partial charge is 0.492 e. The Morgan fingerprint density at radius 2 is 2.03 bits per heavy atom. The number of likely N-dealkylation sites (tertiary alicyclic amines) is 1. The molecule has 0 saturated carbocycles. The lowest BCUT2D eigenvalue weighted by Gasteiger charge is -2.26. The summed E-state index contributed by atoms with van der Waals surface area (Å²) in [6, 6.07) is 14.0. The number of aromatic amines is 1. The van der Waals surface area contributed by atoms with Gasteiger partial charge in [0.2, 0.25) is 5.91 Å². The van der Waals surface area contributed by atoms with Gasteiger partial charge < -0.3 is 10.1 Å². The monoisotopic (exact) mass is 487 g/mol. The SMILES string of the molecule is CN1CCOc2ccc(-c3n[nH]c4ccc(NC(=O)C(c5ccsc5)N5CCCC5)cc34)cc2C1. The van der Waals surface area contributed by atoms with Crippen LogP contribution in [0.1, 0.15) is 30.0 Å². The third-order valence-corrected chi connectivity index (χ3v) is 7.65. The summed E-state index contributed by atoms with van der Waals surface area (Å²) in [6.07, 6.45) is 2.28. The second-order valence-corrected chi connectivity index (χ2v) is 10.2. The van der Waals surface area contributed by atoms with Crippen LogP contribution in [0, 0.1) is 0 Å². The number of ether oxygens (including phenoxy) is 1. The van der Waals surface area contributed by atoms with Crippen LogP contribution in [0.2, 0.25) is 0 Å². The number of benzene rings is 2. The van der Waals surface area contributed by atoms with E-state index in [4.69, 9.17) is 4.74 Å². The van der Waals surface area contributed by atoms with E-state index in [1.54, 1.807) is 11.3 Å². The van der Waals surface area contributed by atoms with Crippen LogP contribution >= 0.6 is 11.3 Å². The van der Waals surface area contributed by atoms with Gasteiger partial charge in [0.25, 0.3) is 0 Å². The van der Waals surface area contributed by atoms with Crippen LogP contribution in [0.4, 0.5) is 5.69 Å². The molecule has 0 spiro atoms. The molecule has 8 heteroatoms. The van der Waals surface area contributed by atoms with Crippen LogP contribution in [0.3, 0.4) is 0 Å². The molecule has 2 aromatic carbocycles. The number of amides is 1. The van der Waals surface area contributed by atoms with Gasteiger partial charge in [0.15, 0.2) is 0 Å². The maximum atomic E-state index is 13.5. The van der Waals surface area contributed by atoms with Crippen LogP contribution in [0.15, 0.2) is 53.2 Å². The van der Waals surface area contributed by atoms with Crippen LogP contribution in [0.5, 0.6) is 5.75 Å². The number of nitrogens with one attached hydrogen (secondary N) is 2. The Labute approximate surface area is 208 Å². The van der Waals surface area contributed by atoms with E-state index in [2.05, 4.69) is 55.9 Å². The standard InChI is InChI=1S/C27H29N5O2S/c1-31-11-12-34-24-7-4-18(14-20(24)16-31)25-22-15-21(5-6-23(22)29-30-25)28-27(33)26(19-8-13-35-17-19)32-9-2-3-10-32/h4-8,13-15,17,26H,2-3,9-12,16H2,1H3,(H,28,33)(H,29,30). The molecule has 4 heterocycles. The molecule has 1 saturated heterocycles. The molecule has 2 aliphatic heterocycles. The highest BCUT2D eigenvalue weighted by molar-refractivity contribution is 7.08. The van der Waals surface area contributed by atoms with Gasteiger partial charge in [-0.3, -0.25) is 19.7 Å². The van der Waals surface area contributed by atoms with Crippen molar-refractivity contribution < 1.29 is 9.53 Å². The van der Waals surface area contributed by atoms with E-state index >= 15 is 0 Å². The molecular formula is C27H29N5O2S. The van der Waals surface area contributed by atoms with E-state index in [9.17, 15) is 4.79 Å². The zero-order chi connectivity index (χ0) is 23.8. The van der Waals surface area contributed by atoms with Crippen molar-refractivity contribution in [3.8, 4) is 17.0 Å². The van der Waals surface area contributed by atoms with Crippen molar-refractivity contribution in [2.75, 3.05) is 38.6 Å². The second kappa shape index (κ2) is 9.45. The molecule has 1 amide bonds. The summed E-state index contributed by atoms with van der Waals surface area (Å²) < 4.78 is 5.92. The average Bonchev–Trinajstić information content (AvgIpc) is 3.61. The Morgan fingerprint density at radius 3 is 2.86 bits per heavy atom. The zero-order valence-electron chi connectivity index (χ0n) is 19.8. The van der Waals surface area contributed by atoms with Crippen molar-refractivity contribution in [1.29, 1.82) is 0 Å². The van der Waals surface area contributed by atoms with Crippen molar-refractivity contribution in [2.24, 2.45) is 0 Å². The number of nitrogens with zero attached hydrogens (tertiary/aromatic N) is 3. The minimum Gasteiger partial charge on any atom is -0.492 e. The summed E-state index contributed by atoms with van der Waals surface area (Å²) in [4.78, 5) is 18.0. The zero-order valence-corrected chi connectivity index (χ0v) is 20.6. The number of aromatic nitrogens is 2. The normalized spacial score (nSPS) is 17.6. The number of carbonyl (C=O) groups is 1. The van der Waals surface area contributed by atoms with Gasteiger partial charge >= 0.3 is 0 Å². The number of H-pyrrole nitrogens is 1. The van der Waals surface area contributed by atoms with E-state index < -0.39 is 0 Å². The maximum absolute atomic E-state index is 13.5. The summed E-state index contributed by atoms with van der Waals surface area (Å²) >= 11 is 1.63. The number of thiophene rings is 1. The molecule has 6 rings (SSSR count). The van der Waals surface area contributed by atoms with E-state index in [0.717, 1.165) is 83.7 Å². The number of carbonyl (C=O) groups excluding carboxylic acids is 1. The highest BCUT2D eigenvalue weighted by Gasteiger charge is 2.30. The molecule has 4 aromatic rings. The van der Waals surface area contributed by atoms with Gasteiger partial charge in [0.05, 0.1) is 11.2 Å². The van der Waals surface area contributed by atoms with E-state index in [-0.39, 0.29) is 11.9 Å². The lowest BCUT2D eigenvalue weighted by Crippen LogP contribution is -2.35. The molecule has 0 bridgehead atoms. The molecule has 1 fully saturated rings. The summed E-state index contributed by atoms with van der Waals surface area (Å²) in [6.45, 7) is 4.35. The summed E-state index contributed by atoms with van der Waals surface area (Å²) in [5.41, 5.74) is 5.85. The van der Waals surface area contributed by atoms with Crippen LogP contribution in [-0.2, 0) is 11.3 Å². The molecule has 2 aliphatic rings. The Balaban J connectivity index is 1.30. The molecule has 1 unspecified atom stereocenters. The molecule has 1 atom stereocenters. The molecule has 2 aromatic heterocycles. The Bertz CT molecular complexity index is 1340. The fourth-order valence-electron chi connectivity index (χ4n) is 5.15. The number of anilines is 1. The van der Waals surface area contributed by atoms with Gasteiger partial charge in [-0.05, 0) is 91.8 Å². The fraction of sp³-hybridized carbons (Fsp3) is 0.333. The van der Waals surface area contributed by atoms with Crippen molar-refractivity contribution in [2.45, 2.75) is 25.4 Å². The highest BCUT2D eigenvalue weighted by Crippen LogP contribution is 2.34. The molecule has 2 N–H and O–H groups in total. The van der Waals surface area contributed by atoms with Gasteiger partial charge in [-0.2, -0.15) is 16.4 Å². The van der Waals surface area contributed by atoms with Crippen LogP contribution < -0.4 is 10.1 Å². The number of rotatable bonds is 5. The van der Waals surface area contributed by atoms with Crippen LogP contribution in [-0.4, -0.2) is 59.2 Å². The molecular weight excluding hydrogens is 458 g/mol. The first-order chi connectivity index (χ1) is 17.2. The predicted molar refractivity (Wildman–Crippen MR) is 140 cm³/mol. The minimum atomic E-state index is -0.259. The maximum Gasteiger partial charge on any atom is 0.246 e. The van der Waals surface area contributed by atoms with Crippen molar-refractivity contribution in [1.82, 2.24) is 20.0 Å². The second-order valence-electron chi connectivity index (χ2n) is 9.43. The van der Waals surface area contributed by atoms with Gasteiger partial charge in [-0.15, -0.1) is 0 Å². The molecule has 0 aliphatic carbocycles. The molecule has 35 heavy (non-hydrogen) atoms. The van der Waals surface area contributed by atoms with Crippen molar-refractivity contribution in [3.05, 3.63) is 64.4 Å². The topological polar surface area (TPSA) is 73.5 Å². The minimum absolute atomic E-state index is 0.0138. The number of fused-ring (bicyclic) bond motifs is 2. The van der Waals surface area contributed by atoms with E-state index in [0.29, 0.717) is 6.61 Å². The molecule has 7 nitrogen and oxygen atoms in total. The van der Waals surface area contributed by atoms with Gasteiger partial charge in [0.1, 0.15) is 18.4 Å². The van der Waals surface area contributed by atoms with Crippen LogP contribution in [0.25, 0.3) is 22.2 Å². The number of hydrogen-bond acceptors (Lipinski definition) is 6. The number of hydrogen-bond donors (Lipinski definition) is 2. The Morgan fingerprint density at radius 1 is 1.14 bits per heavy atom. The first-order valence-corrected chi connectivity index (χ1v) is 13.1. The predicted octanol–water partition coefficient (Wildman–Crippen LogP) is 4.89. The third kappa shape index (κ3) is 4.45. The van der Waals surface area contributed by atoms with Gasteiger partial charge in [-0.25, -0.2) is 0 Å². The summed E-state index contributed by atoms with van der Waals surface area (Å²) in [7, 11) is 2.11. The average molecular weight is 488 g/mol. The molecule has 180 valence electrons. The lowest BCUT2D eigenvalue weighted by molar-refractivity contribution is -0.121. The van der Waals surface area contributed by atoms with E-state index in [1.165, 1.54) is 0 Å². The van der Waals surface area contributed by atoms with Gasteiger partial charge in [-0.1, -0.05) is 0 Å². The lowest BCUT2D eigenvalue weighted by atomic mass is 10.0. The summed E-state index contributed by atoms with van der Waals surface area (Å²) in [5, 5.41) is 16.1. The Hall–Kier alpha value is -3.20. The quantitative estimate of drug-likeness (QED) is 0.419. The molecule has 0 radical (unpaired) electrons. The summed E-state index contributed by atoms with van der Waals surface area (Å²) in [5.74, 6) is 0.951. The third-order valence-electron chi connectivity index (χ3n) is 6.95. The fourth-order valence-corrected chi connectivity index (χ4v) is 5.83. The van der Waals surface area contributed by atoms with Gasteiger partial charge in [0, 0.05) is 35.3 Å². The van der Waals surface area contributed by atoms with Crippen molar-refractivity contribution >= 4 is 33.8 Å².